The molecule has 0 fully saturated rings. The number of carbonyl (C=O) groups excluding carboxylic acids is 1. The van der Waals surface area contributed by atoms with E-state index in [-0.39, 0.29) is 23.6 Å². The van der Waals surface area contributed by atoms with E-state index in [2.05, 4.69) is 22.1 Å². The Bertz CT molecular complexity index is 716. The molecule has 2 N–H and O–H groups in total. The van der Waals surface area contributed by atoms with Gasteiger partial charge in [-0.15, -0.1) is 11.3 Å². The molecule has 108 valence electrons. The minimum atomic E-state index is -0.482. The summed E-state index contributed by atoms with van der Waals surface area (Å²) in [5.41, 5.74) is 1.29. The molecule has 0 aliphatic rings. The van der Waals surface area contributed by atoms with E-state index in [9.17, 15) is 9.18 Å². The number of nitrogens with zero attached hydrogens (tertiary/aromatic N) is 1. The molecule has 1 aromatic carbocycles. The summed E-state index contributed by atoms with van der Waals surface area (Å²) in [5, 5.41) is 14.2. The summed E-state index contributed by atoms with van der Waals surface area (Å²) < 4.78 is 13.2. The highest BCUT2D eigenvalue weighted by molar-refractivity contribution is 7.09. The van der Waals surface area contributed by atoms with Gasteiger partial charge in [0.05, 0.1) is 22.8 Å². The molecule has 0 atom stereocenters. The Hall–Kier alpha value is -2.23. The van der Waals surface area contributed by atoms with Crippen LogP contribution in [-0.2, 0) is 6.54 Å². The van der Waals surface area contributed by atoms with Crippen molar-refractivity contribution in [3.05, 3.63) is 51.2 Å². The molecule has 1 amide bonds. The highest BCUT2D eigenvalue weighted by Gasteiger charge is 2.11. The number of halogens is 1. The molecule has 21 heavy (non-hydrogen) atoms. The first kappa shape index (κ1) is 15.2. The fourth-order valence-electron chi connectivity index (χ4n) is 1.71. The molecule has 2 rings (SSSR count). The van der Waals surface area contributed by atoms with Crippen LogP contribution in [0.4, 0.5) is 4.39 Å². The van der Waals surface area contributed by atoms with Gasteiger partial charge in [-0.1, -0.05) is 11.8 Å². The van der Waals surface area contributed by atoms with Gasteiger partial charge >= 0.3 is 0 Å². The molecule has 1 heterocycles. The van der Waals surface area contributed by atoms with Gasteiger partial charge in [-0.3, -0.25) is 4.79 Å². The largest absolute Gasteiger partial charge is 0.384 e. The lowest BCUT2D eigenvalue weighted by atomic mass is 10.1. The van der Waals surface area contributed by atoms with Gasteiger partial charge in [0.15, 0.2) is 0 Å². The summed E-state index contributed by atoms with van der Waals surface area (Å²) in [7, 11) is 0. The molecule has 0 aliphatic heterocycles. The summed E-state index contributed by atoms with van der Waals surface area (Å²) in [4.78, 5) is 16.4. The number of aliphatic hydroxyl groups excluding tert-OH is 1. The number of rotatable bonds is 3. The summed E-state index contributed by atoms with van der Waals surface area (Å²) in [5.74, 6) is 4.14. The predicted octanol–water partition coefficient (Wildman–Crippen LogP) is 1.86. The van der Waals surface area contributed by atoms with Crippen LogP contribution in [0.2, 0.25) is 0 Å². The van der Waals surface area contributed by atoms with Crippen molar-refractivity contribution in [3.8, 4) is 11.8 Å². The van der Waals surface area contributed by atoms with E-state index in [0.29, 0.717) is 6.54 Å². The van der Waals surface area contributed by atoms with Crippen LogP contribution in [-0.4, -0.2) is 22.6 Å². The van der Waals surface area contributed by atoms with E-state index in [1.54, 1.807) is 0 Å². The van der Waals surface area contributed by atoms with Gasteiger partial charge in [0.2, 0.25) is 0 Å². The lowest BCUT2D eigenvalue weighted by Gasteiger charge is -2.06. The van der Waals surface area contributed by atoms with Crippen molar-refractivity contribution in [1.82, 2.24) is 10.3 Å². The molecule has 0 spiro atoms. The van der Waals surface area contributed by atoms with Crippen molar-refractivity contribution in [3.63, 3.8) is 0 Å². The summed E-state index contributed by atoms with van der Waals surface area (Å²) in [6, 6.07) is 3.74. The molecular weight excluding hydrogens is 291 g/mol. The normalized spacial score (nSPS) is 9.86. The van der Waals surface area contributed by atoms with Crippen molar-refractivity contribution in [2.75, 3.05) is 6.61 Å². The number of aliphatic hydroxyl groups is 1. The van der Waals surface area contributed by atoms with Crippen molar-refractivity contribution < 1.29 is 14.3 Å². The molecule has 0 saturated heterocycles. The van der Waals surface area contributed by atoms with Crippen LogP contribution in [0.5, 0.6) is 0 Å². The van der Waals surface area contributed by atoms with Crippen molar-refractivity contribution in [1.29, 1.82) is 0 Å². The van der Waals surface area contributed by atoms with Crippen molar-refractivity contribution >= 4 is 17.2 Å². The van der Waals surface area contributed by atoms with Crippen LogP contribution in [0.15, 0.2) is 23.6 Å². The second kappa shape index (κ2) is 6.97. The number of hydrogen-bond donors (Lipinski definition) is 2. The van der Waals surface area contributed by atoms with Crippen LogP contribution < -0.4 is 5.32 Å². The maximum atomic E-state index is 13.2. The van der Waals surface area contributed by atoms with Gasteiger partial charge in [0, 0.05) is 10.9 Å². The molecule has 0 bridgehead atoms. The third kappa shape index (κ3) is 4.12. The van der Waals surface area contributed by atoms with E-state index in [1.807, 2.05) is 12.3 Å². The Labute approximate surface area is 125 Å². The highest BCUT2D eigenvalue weighted by Crippen LogP contribution is 2.12. The Balaban J connectivity index is 2.14. The molecule has 0 unspecified atom stereocenters. The minimum Gasteiger partial charge on any atom is -0.384 e. The van der Waals surface area contributed by atoms with Crippen LogP contribution >= 0.6 is 11.3 Å². The second-order valence-electron chi connectivity index (χ2n) is 4.19. The molecular formula is C15H13FN2O2S. The van der Waals surface area contributed by atoms with Gasteiger partial charge in [-0.05, 0) is 25.1 Å². The number of carbonyl (C=O) groups is 1. The minimum absolute atomic E-state index is 0.246. The summed E-state index contributed by atoms with van der Waals surface area (Å²) in [6.45, 7) is 1.83. The first-order valence-electron chi connectivity index (χ1n) is 6.18. The van der Waals surface area contributed by atoms with E-state index in [4.69, 9.17) is 5.11 Å². The number of aromatic nitrogens is 1. The van der Waals surface area contributed by atoms with Crippen LogP contribution in [0.3, 0.4) is 0 Å². The van der Waals surface area contributed by atoms with E-state index >= 15 is 0 Å². The molecule has 4 nitrogen and oxygen atoms in total. The summed E-state index contributed by atoms with van der Waals surface area (Å²) >= 11 is 1.51. The number of thiazole rings is 1. The Morgan fingerprint density at radius 3 is 3.00 bits per heavy atom. The molecule has 6 heteroatoms. The third-order valence-corrected chi connectivity index (χ3v) is 3.45. The van der Waals surface area contributed by atoms with Crippen LogP contribution in [0, 0.1) is 24.6 Å². The molecule has 0 saturated carbocycles. The molecule has 0 aliphatic carbocycles. The lowest BCUT2D eigenvalue weighted by Crippen LogP contribution is -2.24. The highest BCUT2D eigenvalue weighted by atomic mass is 32.1. The fraction of sp³-hybridized carbons (Fsp3) is 0.200. The number of hydrogen-bond acceptors (Lipinski definition) is 4. The fourth-order valence-corrected chi connectivity index (χ4v) is 2.32. The SMILES string of the molecule is Cc1nc(CNC(=O)c2ccc(F)cc2C#CCO)cs1. The number of aryl methyl sites for hydroxylation is 1. The second-order valence-corrected chi connectivity index (χ2v) is 5.25. The Morgan fingerprint density at radius 2 is 2.33 bits per heavy atom. The van der Waals surface area contributed by atoms with Gasteiger partial charge in [0.25, 0.3) is 5.91 Å². The zero-order valence-corrected chi connectivity index (χ0v) is 12.1. The molecule has 2 aromatic rings. The summed E-state index contributed by atoms with van der Waals surface area (Å²) in [6.07, 6.45) is 0. The zero-order chi connectivity index (χ0) is 15.2. The van der Waals surface area contributed by atoms with Crippen LogP contribution in [0.1, 0.15) is 26.6 Å². The first-order valence-corrected chi connectivity index (χ1v) is 7.06. The average molecular weight is 304 g/mol. The first-order chi connectivity index (χ1) is 10.1. The Kier molecular flexibility index (Phi) is 5.04. The number of benzene rings is 1. The standard InChI is InChI=1S/C15H13FN2O2S/c1-10-18-13(9-21-10)8-17-15(20)14-5-4-12(16)7-11(14)3-2-6-19/h4-5,7,9,19H,6,8H2,1H3,(H,17,20). The van der Waals surface area contributed by atoms with Gasteiger partial charge < -0.3 is 10.4 Å². The van der Waals surface area contributed by atoms with Gasteiger partial charge in [0.1, 0.15) is 12.4 Å². The van der Waals surface area contributed by atoms with E-state index in [0.717, 1.165) is 10.7 Å². The van der Waals surface area contributed by atoms with Crippen molar-refractivity contribution in [2.45, 2.75) is 13.5 Å². The third-order valence-electron chi connectivity index (χ3n) is 2.62. The van der Waals surface area contributed by atoms with Gasteiger partial charge in [-0.25, -0.2) is 9.37 Å². The zero-order valence-electron chi connectivity index (χ0n) is 11.3. The number of nitrogens with one attached hydrogen (secondary N) is 1. The smallest absolute Gasteiger partial charge is 0.252 e. The van der Waals surface area contributed by atoms with E-state index < -0.39 is 5.82 Å². The van der Waals surface area contributed by atoms with Gasteiger partial charge in [-0.2, -0.15) is 0 Å². The lowest BCUT2D eigenvalue weighted by molar-refractivity contribution is 0.0950. The maximum Gasteiger partial charge on any atom is 0.252 e. The average Bonchev–Trinajstić information content (AvgIpc) is 2.88. The van der Waals surface area contributed by atoms with E-state index in [1.165, 1.54) is 29.5 Å². The Morgan fingerprint density at radius 1 is 1.52 bits per heavy atom. The topological polar surface area (TPSA) is 62.2 Å². The predicted molar refractivity (Wildman–Crippen MR) is 78.4 cm³/mol. The number of amides is 1. The van der Waals surface area contributed by atoms with Crippen LogP contribution in [0.25, 0.3) is 0 Å². The quantitative estimate of drug-likeness (QED) is 0.851. The molecule has 0 radical (unpaired) electrons. The molecule has 1 aromatic heterocycles. The van der Waals surface area contributed by atoms with Crippen molar-refractivity contribution in [2.24, 2.45) is 0 Å². The monoisotopic (exact) mass is 304 g/mol. The maximum absolute atomic E-state index is 13.2.